The molecule has 1 aliphatic carbocycles. The number of nitrogens with two attached hydrogens (primary N) is 1. The van der Waals surface area contributed by atoms with Gasteiger partial charge in [0.1, 0.15) is 30.3 Å². The summed E-state index contributed by atoms with van der Waals surface area (Å²) in [5.74, 6) is -3.30. The maximum atomic E-state index is 15.5. The highest BCUT2D eigenvalue weighted by atomic mass is 19.1. The van der Waals surface area contributed by atoms with Crippen LogP contribution in [0, 0.1) is 18.7 Å². The number of pyridine rings is 2. The molecule has 4 heterocycles. The van der Waals surface area contributed by atoms with Crippen LogP contribution < -0.4 is 42.6 Å². The van der Waals surface area contributed by atoms with Crippen LogP contribution in [-0.2, 0) is 77.5 Å². The predicted molar refractivity (Wildman–Crippen MR) is 304 cm³/mol. The molecular formula is C57H74FN11O16. The highest BCUT2D eigenvalue weighted by Crippen LogP contribution is 2.46. The van der Waals surface area contributed by atoms with Gasteiger partial charge in [0.2, 0.25) is 17.7 Å². The number of ether oxygens (including phenoxy) is 8. The molecule has 0 bridgehead atoms. The first-order valence-electron chi connectivity index (χ1n) is 28.3. The summed E-state index contributed by atoms with van der Waals surface area (Å²) in [4.78, 5) is 100. The van der Waals surface area contributed by atoms with E-state index < -0.39 is 70.9 Å². The Bertz CT molecular complexity index is 3160. The molecule has 2 aromatic heterocycles. The number of benzene rings is 2. The molecule has 0 unspecified atom stereocenters. The number of amides is 6. The number of aromatic nitrogens is 2. The predicted octanol–water partition coefficient (Wildman–Crippen LogP) is 4.12. The van der Waals surface area contributed by atoms with E-state index in [2.05, 4.69) is 36.6 Å². The molecule has 0 spiro atoms. The highest BCUT2D eigenvalue weighted by molar-refractivity contribution is 5.99. The molecule has 4 aromatic rings. The third kappa shape index (κ3) is 17.0. The van der Waals surface area contributed by atoms with Crippen LogP contribution in [0.4, 0.5) is 19.7 Å². The van der Waals surface area contributed by atoms with Gasteiger partial charge in [-0.2, -0.15) is 0 Å². The largest absolute Gasteiger partial charge is 0.458 e. The molecule has 7 rings (SSSR count). The molecule has 27 nitrogen and oxygen atoms in total. The van der Waals surface area contributed by atoms with Gasteiger partial charge in [0.05, 0.1) is 114 Å². The highest BCUT2D eigenvalue weighted by Gasteiger charge is 2.46. The molecule has 0 radical (unpaired) electrons. The second-order valence-electron chi connectivity index (χ2n) is 20.6. The van der Waals surface area contributed by atoms with Crippen molar-refractivity contribution in [3.05, 3.63) is 96.4 Å². The van der Waals surface area contributed by atoms with E-state index in [0.29, 0.717) is 111 Å². The van der Waals surface area contributed by atoms with Crippen molar-refractivity contribution in [2.24, 2.45) is 16.8 Å². The summed E-state index contributed by atoms with van der Waals surface area (Å²) in [5, 5.41) is 29.1. The number of nitrogens with one attached hydrogen (secondary N) is 5. The molecule has 8 N–H and O–H groups in total. The van der Waals surface area contributed by atoms with Crippen molar-refractivity contribution in [1.82, 2.24) is 30.8 Å². The number of carbonyl (C=O) groups is 6. The van der Waals surface area contributed by atoms with Crippen molar-refractivity contribution in [1.29, 1.82) is 0 Å². The molecule has 28 heteroatoms. The third-order valence-corrected chi connectivity index (χ3v) is 14.6. The molecule has 3 aliphatic rings. The lowest BCUT2D eigenvalue weighted by Crippen LogP contribution is -2.54. The number of aliphatic hydroxyl groups is 1. The summed E-state index contributed by atoms with van der Waals surface area (Å²) in [6.07, 6.45) is 0.115. The summed E-state index contributed by atoms with van der Waals surface area (Å²) >= 11 is 0. The van der Waals surface area contributed by atoms with E-state index >= 15 is 4.39 Å². The van der Waals surface area contributed by atoms with E-state index in [1.54, 1.807) is 33.8 Å². The van der Waals surface area contributed by atoms with Gasteiger partial charge in [-0.3, -0.25) is 19.2 Å². The first-order chi connectivity index (χ1) is 40.9. The van der Waals surface area contributed by atoms with Crippen molar-refractivity contribution in [3.8, 4) is 17.1 Å². The van der Waals surface area contributed by atoms with Gasteiger partial charge in [-0.05, 0) is 97.5 Å². The van der Waals surface area contributed by atoms with Crippen LogP contribution in [0.5, 0.6) is 5.75 Å². The quantitative estimate of drug-likeness (QED) is 0.0100. The molecule has 2 aromatic carbocycles. The summed E-state index contributed by atoms with van der Waals surface area (Å²) in [7, 11) is 0. The fraction of sp³-hybridized carbons (Fsp3) is 0.544. The first-order valence-corrected chi connectivity index (χ1v) is 28.3. The lowest BCUT2D eigenvalue weighted by atomic mass is 9.81. The van der Waals surface area contributed by atoms with Gasteiger partial charge >= 0.3 is 18.1 Å². The van der Waals surface area contributed by atoms with Crippen molar-refractivity contribution in [3.63, 3.8) is 0 Å². The Morgan fingerprint density at radius 1 is 0.894 bits per heavy atom. The van der Waals surface area contributed by atoms with Gasteiger partial charge in [-0.25, -0.2) is 23.8 Å². The van der Waals surface area contributed by atoms with Gasteiger partial charge in [-0.15, -0.1) is 0 Å². The topological polar surface area (TPSA) is 366 Å². The normalized spacial score (nSPS) is 16.3. The van der Waals surface area contributed by atoms with Crippen LogP contribution in [0.15, 0.2) is 46.3 Å². The van der Waals surface area contributed by atoms with E-state index in [-0.39, 0.29) is 100 Å². The average molecular weight is 1190 g/mol. The lowest BCUT2D eigenvalue weighted by Gasteiger charge is -2.31. The molecule has 460 valence electrons. The summed E-state index contributed by atoms with van der Waals surface area (Å²) in [6.45, 7) is 10.8. The number of nitrogens with zero attached hydrogens (tertiary/aromatic N) is 5. The van der Waals surface area contributed by atoms with Crippen molar-refractivity contribution >= 4 is 52.4 Å². The zero-order valence-corrected chi connectivity index (χ0v) is 48.1. The summed E-state index contributed by atoms with van der Waals surface area (Å²) in [5.41, 5.74) is 14.9. The SMILES string of the molecule is CC[C@@]1(O)C(=O)OCc2c1cc1n(c2=O)Cc2c-1nc1cc(F)c(C)c3c1c2[C@@H](NC(=O)Oc1ccc(NC(=O)[C@H](CCCNC(N)=O)NC(=O)[C@@H](NC(=O)CCOCCOCCOCCOCCOCCOCCN=[N+]=[N-])C(C)C)cc1)CC3. The maximum Gasteiger partial charge on any atom is 0.413 e. The van der Waals surface area contributed by atoms with Crippen LogP contribution in [0.1, 0.15) is 92.3 Å². The number of hydrogen-bond donors (Lipinski definition) is 7. The number of esters is 1. The number of azide groups is 1. The van der Waals surface area contributed by atoms with Gasteiger partial charge in [0.15, 0.2) is 5.60 Å². The number of urea groups is 1. The van der Waals surface area contributed by atoms with Crippen LogP contribution in [-0.4, -0.2) is 155 Å². The second kappa shape index (κ2) is 31.4. The Balaban J connectivity index is 0.879. The average Bonchev–Trinajstić information content (AvgIpc) is 1.67. The van der Waals surface area contributed by atoms with E-state index in [1.165, 1.54) is 34.9 Å². The third-order valence-electron chi connectivity index (χ3n) is 14.6. The van der Waals surface area contributed by atoms with Crippen LogP contribution in [0.2, 0.25) is 0 Å². The zero-order valence-electron chi connectivity index (χ0n) is 48.1. The van der Waals surface area contributed by atoms with Gasteiger partial charge < -0.3 is 79.9 Å². The molecule has 0 saturated carbocycles. The van der Waals surface area contributed by atoms with Crippen LogP contribution >= 0.6 is 0 Å². The number of carbonyl (C=O) groups excluding carboxylic acids is 6. The Hall–Kier alpha value is -7.82. The van der Waals surface area contributed by atoms with Crippen LogP contribution in [0.3, 0.4) is 0 Å². The van der Waals surface area contributed by atoms with Crippen molar-refractivity contribution < 1.29 is 76.2 Å². The minimum absolute atomic E-state index is 0.0435. The molecule has 6 amide bonds. The number of rotatable bonds is 34. The minimum atomic E-state index is -2.06. The van der Waals surface area contributed by atoms with E-state index in [4.69, 9.17) is 54.1 Å². The number of cyclic esters (lactones) is 1. The number of hydrogen-bond acceptors (Lipinski definition) is 18. The monoisotopic (exact) mass is 1190 g/mol. The maximum absolute atomic E-state index is 15.5. The molecular weight excluding hydrogens is 1110 g/mol. The van der Waals surface area contributed by atoms with E-state index in [1.807, 2.05) is 0 Å². The fourth-order valence-electron chi connectivity index (χ4n) is 10.2. The minimum Gasteiger partial charge on any atom is -0.458 e. The fourth-order valence-corrected chi connectivity index (χ4v) is 10.2. The first kappa shape index (κ1) is 64.7. The van der Waals surface area contributed by atoms with E-state index in [0.717, 1.165) is 5.56 Å². The van der Waals surface area contributed by atoms with Crippen LogP contribution in [0.25, 0.3) is 32.7 Å². The number of halogens is 1. The Kier molecular flexibility index (Phi) is 23.9. The van der Waals surface area contributed by atoms with Gasteiger partial charge in [0, 0.05) is 52.7 Å². The Morgan fingerprint density at radius 3 is 2.14 bits per heavy atom. The number of fused-ring (bicyclic) bond motifs is 5. The van der Waals surface area contributed by atoms with E-state index in [9.17, 15) is 38.7 Å². The zero-order chi connectivity index (χ0) is 61.0. The van der Waals surface area contributed by atoms with Crippen molar-refractivity contribution in [2.45, 2.75) is 103 Å². The number of anilines is 1. The number of primary amides is 1. The van der Waals surface area contributed by atoms with Gasteiger partial charge in [0.25, 0.3) is 5.56 Å². The number of aryl methyl sites for hydroxylation is 1. The second-order valence-corrected chi connectivity index (χ2v) is 20.6. The van der Waals surface area contributed by atoms with Gasteiger partial charge in [-0.1, -0.05) is 25.9 Å². The smallest absolute Gasteiger partial charge is 0.413 e. The molecule has 0 fully saturated rings. The molecule has 0 saturated heterocycles. The Morgan fingerprint density at radius 2 is 1.53 bits per heavy atom. The standard InChI is InChI=1S/C57H74FN11O16/c1-5-57(77)40-29-45-50-38(31-69(45)53(73)39(40)32-84-54(57)74)48-42(13-12-37-34(4)41(58)30-44(64-50)47(37)48)66-56(76)85-36-10-8-35(9-11-36)63-51(71)43(7-6-15-61-55(59)75)65-52(72)49(33(2)3)67-46(70)14-17-78-19-21-80-23-25-82-27-28-83-26-24-81-22-20-79-18-16-62-68-60/h8-11,29-30,33,42-43,49,77H,5-7,12-28,31-32H2,1-4H3,(H,63,71)(H,65,72)(H,66,76)(H,67,70)(H3,59,61,75)/t42-,43-,49-,57-/m0/s1. The molecule has 2 aliphatic heterocycles. The Labute approximate surface area is 489 Å². The molecule has 85 heavy (non-hydrogen) atoms. The molecule has 4 atom stereocenters. The summed E-state index contributed by atoms with van der Waals surface area (Å²) in [6, 6.07) is 5.18. The lowest BCUT2D eigenvalue weighted by molar-refractivity contribution is -0.172. The van der Waals surface area contributed by atoms with Crippen molar-refractivity contribution in [2.75, 3.05) is 97.7 Å². The summed E-state index contributed by atoms with van der Waals surface area (Å²) < 4.78 is 60.5.